The number of carbonyl (C=O) groups excluding carboxylic acids is 1. The van der Waals surface area contributed by atoms with Crippen LogP contribution in [-0.2, 0) is 9.59 Å². The van der Waals surface area contributed by atoms with E-state index in [1.54, 1.807) is 0 Å². The van der Waals surface area contributed by atoms with Gasteiger partial charge in [-0.05, 0) is 24.7 Å². The number of fused-ring (bicyclic) bond motifs is 2. The van der Waals surface area contributed by atoms with Crippen LogP contribution < -0.4 is 5.32 Å². The second-order valence-corrected chi connectivity index (χ2v) is 4.47. The summed E-state index contributed by atoms with van der Waals surface area (Å²) in [6.45, 7) is -0.572. The predicted molar refractivity (Wildman–Crippen MR) is 55.5 cm³/mol. The Hall–Kier alpha value is -1.36. The van der Waals surface area contributed by atoms with Crippen LogP contribution in [0.5, 0.6) is 0 Å². The summed E-state index contributed by atoms with van der Waals surface area (Å²) in [5, 5.41) is 19.9. The van der Waals surface area contributed by atoms with E-state index in [0.29, 0.717) is 5.92 Å². The highest BCUT2D eigenvalue weighted by molar-refractivity contribution is 5.85. The van der Waals surface area contributed by atoms with E-state index in [9.17, 15) is 9.59 Å². The van der Waals surface area contributed by atoms with Crippen LogP contribution in [0.2, 0.25) is 0 Å². The van der Waals surface area contributed by atoms with Crippen LogP contribution in [0, 0.1) is 17.8 Å². The summed E-state index contributed by atoms with van der Waals surface area (Å²) in [4.78, 5) is 22.4. The van der Waals surface area contributed by atoms with E-state index in [1.165, 1.54) is 0 Å². The molecule has 3 N–H and O–H groups in total. The van der Waals surface area contributed by atoms with Crippen molar-refractivity contribution in [2.45, 2.75) is 18.9 Å². The highest BCUT2D eigenvalue weighted by atomic mass is 16.4. The van der Waals surface area contributed by atoms with Gasteiger partial charge in [0, 0.05) is 5.92 Å². The maximum Gasteiger partial charge on any atom is 0.328 e. The molecule has 0 saturated heterocycles. The molecule has 1 saturated carbocycles. The van der Waals surface area contributed by atoms with Crippen LogP contribution in [0.25, 0.3) is 0 Å². The number of nitrogens with one attached hydrogen (secondary N) is 1. The van der Waals surface area contributed by atoms with Gasteiger partial charge in [0.2, 0.25) is 5.91 Å². The molecule has 3 unspecified atom stereocenters. The largest absolute Gasteiger partial charge is 0.480 e. The molecular weight excluding hydrogens is 210 g/mol. The fourth-order valence-corrected chi connectivity index (χ4v) is 2.55. The van der Waals surface area contributed by atoms with Gasteiger partial charge in [0.15, 0.2) is 0 Å². The number of aliphatic carboxylic acids is 1. The Labute approximate surface area is 93.1 Å². The minimum absolute atomic E-state index is 0.122. The third-order valence-electron chi connectivity index (χ3n) is 3.41. The van der Waals surface area contributed by atoms with Crippen molar-refractivity contribution in [1.82, 2.24) is 5.32 Å². The highest BCUT2D eigenvalue weighted by Crippen LogP contribution is 2.43. The van der Waals surface area contributed by atoms with Crippen LogP contribution in [0.3, 0.4) is 0 Å². The number of allylic oxidation sites excluding steroid dienone is 2. The molecule has 16 heavy (non-hydrogen) atoms. The molecular formula is C11H15NO4. The number of rotatable bonds is 4. The van der Waals surface area contributed by atoms with Crippen molar-refractivity contribution in [3.63, 3.8) is 0 Å². The summed E-state index contributed by atoms with van der Waals surface area (Å²) < 4.78 is 0. The molecule has 2 bridgehead atoms. The third kappa shape index (κ3) is 1.95. The standard InChI is InChI=1S/C11H15NO4/c13-5-9(11(15)16)12-10(14)8-4-6-1-2-7(8)3-6/h1-2,6-9,13H,3-5H2,(H,12,14)(H,15,16)/t6?,7?,8?,9-/m1/s1. The molecule has 0 heterocycles. The fraction of sp³-hybridized carbons (Fsp3) is 0.636. The lowest BCUT2D eigenvalue weighted by Gasteiger charge is -2.20. The first-order chi connectivity index (χ1) is 7.61. The molecule has 0 aromatic heterocycles. The molecule has 0 aromatic carbocycles. The molecule has 2 aliphatic carbocycles. The van der Waals surface area contributed by atoms with Crippen molar-refractivity contribution in [3.8, 4) is 0 Å². The molecule has 4 atom stereocenters. The molecule has 2 rings (SSSR count). The number of aliphatic hydroxyl groups is 1. The highest BCUT2D eigenvalue weighted by Gasteiger charge is 2.40. The molecule has 2 aliphatic rings. The molecule has 1 amide bonds. The van der Waals surface area contributed by atoms with Gasteiger partial charge in [-0.2, -0.15) is 0 Å². The van der Waals surface area contributed by atoms with Crippen molar-refractivity contribution >= 4 is 11.9 Å². The minimum Gasteiger partial charge on any atom is -0.480 e. The summed E-state index contributed by atoms with van der Waals surface area (Å²) in [5.41, 5.74) is 0. The topological polar surface area (TPSA) is 86.6 Å². The van der Waals surface area contributed by atoms with Gasteiger partial charge in [-0.25, -0.2) is 4.79 Å². The lowest BCUT2D eigenvalue weighted by atomic mass is 9.92. The van der Waals surface area contributed by atoms with Crippen molar-refractivity contribution in [2.75, 3.05) is 6.61 Å². The van der Waals surface area contributed by atoms with Crippen LogP contribution in [0.15, 0.2) is 12.2 Å². The van der Waals surface area contributed by atoms with Crippen LogP contribution in [0.1, 0.15) is 12.8 Å². The lowest BCUT2D eigenvalue weighted by Crippen LogP contribution is -2.46. The number of aliphatic hydroxyl groups excluding tert-OH is 1. The fourth-order valence-electron chi connectivity index (χ4n) is 2.55. The third-order valence-corrected chi connectivity index (χ3v) is 3.41. The Bertz CT molecular complexity index is 339. The maximum absolute atomic E-state index is 11.8. The van der Waals surface area contributed by atoms with E-state index in [2.05, 4.69) is 11.4 Å². The molecule has 5 nitrogen and oxygen atoms in total. The average molecular weight is 225 g/mol. The summed E-state index contributed by atoms with van der Waals surface area (Å²) in [6, 6.07) is -1.18. The zero-order chi connectivity index (χ0) is 11.7. The van der Waals surface area contributed by atoms with Crippen LogP contribution >= 0.6 is 0 Å². The lowest BCUT2D eigenvalue weighted by molar-refractivity contribution is -0.143. The van der Waals surface area contributed by atoms with Crippen LogP contribution in [0.4, 0.5) is 0 Å². The average Bonchev–Trinajstić information content (AvgIpc) is 2.86. The van der Waals surface area contributed by atoms with E-state index in [-0.39, 0.29) is 17.7 Å². The first kappa shape index (κ1) is 11.1. The smallest absolute Gasteiger partial charge is 0.328 e. The monoisotopic (exact) mass is 225 g/mol. The van der Waals surface area contributed by atoms with Crippen molar-refractivity contribution in [3.05, 3.63) is 12.2 Å². The van der Waals surface area contributed by atoms with Crippen molar-refractivity contribution < 1.29 is 19.8 Å². The number of carboxylic acids is 1. The first-order valence-electron chi connectivity index (χ1n) is 5.44. The number of hydrogen-bond donors (Lipinski definition) is 3. The van der Waals surface area contributed by atoms with E-state index < -0.39 is 18.6 Å². The summed E-state index contributed by atoms with van der Waals surface area (Å²) in [7, 11) is 0. The Morgan fingerprint density at radius 1 is 1.38 bits per heavy atom. The molecule has 0 spiro atoms. The number of hydrogen-bond acceptors (Lipinski definition) is 3. The van der Waals surface area contributed by atoms with Gasteiger partial charge in [0.05, 0.1) is 6.61 Å². The molecule has 0 aromatic rings. The van der Waals surface area contributed by atoms with Gasteiger partial charge >= 0.3 is 5.97 Å². The first-order valence-corrected chi connectivity index (χ1v) is 5.44. The zero-order valence-electron chi connectivity index (χ0n) is 8.80. The maximum atomic E-state index is 11.8. The summed E-state index contributed by atoms with van der Waals surface area (Å²) in [6.07, 6.45) is 5.95. The van der Waals surface area contributed by atoms with Gasteiger partial charge < -0.3 is 15.5 Å². The van der Waals surface area contributed by atoms with Gasteiger partial charge in [-0.3, -0.25) is 4.79 Å². The van der Waals surface area contributed by atoms with Gasteiger partial charge in [-0.1, -0.05) is 12.2 Å². The second-order valence-electron chi connectivity index (χ2n) is 4.47. The Kier molecular flexibility index (Phi) is 2.96. The molecule has 0 aliphatic heterocycles. The summed E-state index contributed by atoms with van der Waals surface area (Å²) in [5.74, 6) is -0.854. The van der Waals surface area contributed by atoms with Crippen molar-refractivity contribution in [1.29, 1.82) is 0 Å². The van der Waals surface area contributed by atoms with E-state index >= 15 is 0 Å². The Balaban J connectivity index is 1.93. The molecule has 0 radical (unpaired) electrons. The predicted octanol–water partition coefficient (Wildman–Crippen LogP) is -0.240. The number of carbonyl (C=O) groups is 2. The van der Waals surface area contributed by atoms with E-state index in [1.807, 2.05) is 6.08 Å². The molecule has 5 heteroatoms. The van der Waals surface area contributed by atoms with E-state index in [4.69, 9.17) is 10.2 Å². The normalized spacial score (nSPS) is 32.7. The number of amides is 1. The Morgan fingerprint density at radius 3 is 2.56 bits per heavy atom. The molecule has 88 valence electrons. The quantitative estimate of drug-likeness (QED) is 0.576. The van der Waals surface area contributed by atoms with Gasteiger partial charge in [0.25, 0.3) is 0 Å². The van der Waals surface area contributed by atoms with Crippen LogP contribution in [-0.4, -0.2) is 34.7 Å². The van der Waals surface area contributed by atoms with E-state index in [0.717, 1.165) is 12.8 Å². The van der Waals surface area contributed by atoms with Gasteiger partial charge in [0.1, 0.15) is 6.04 Å². The minimum atomic E-state index is -1.20. The summed E-state index contributed by atoms with van der Waals surface area (Å²) >= 11 is 0. The molecule has 1 fully saturated rings. The van der Waals surface area contributed by atoms with Gasteiger partial charge in [-0.15, -0.1) is 0 Å². The SMILES string of the molecule is O=C(N[C@H](CO)C(=O)O)C1CC2C=CC1C2. The zero-order valence-corrected chi connectivity index (χ0v) is 8.80. The second kappa shape index (κ2) is 4.25. The number of carboxylic acid groups (broad SMARTS) is 1. The Morgan fingerprint density at radius 2 is 2.12 bits per heavy atom. The van der Waals surface area contributed by atoms with Crippen molar-refractivity contribution in [2.24, 2.45) is 17.8 Å².